The first kappa shape index (κ1) is 19.9. The molecule has 1 amide bonds. The summed E-state index contributed by atoms with van der Waals surface area (Å²) in [5.41, 5.74) is 4.28. The number of carbonyl (C=O) groups is 1. The van der Waals surface area contributed by atoms with Crippen molar-refractivity contribution in [1.82, 2.24) is 5.32 Å². The van der Waals surface area contributed by atoms with Gasteiger partial charge < -0.3 is 10.2 Å². The van der Waals surface area contributed by atoms with Crippen LogP contribution < -0.4 is 10.2 Å². The molecule has 0 fully saturated rings. The van der Waals surface area contributed by atoms with E-state index in [0.717, 1.165) is 36.0 Å². The molecule has 0 atom stereocenters. The maximum atomic E-state index is 12.7. The minimum absolute atomic E-state index is 0.0225. The topological polar surface area (TPSA) is 32.3 Å². The van der Waals surface area contributed by atoms with Crippen LogP contribution in [-0.2, 0) is 13.0 Å². The van der Waals surface area contributed by atoms with Crippen molar-refractivity contribution in [2.24, 2.45) is 0 Å². The van der Waals surface area contributed by atoms with Gasteiger partial charge in [-0.2, -0.15) is 0 Å². The van der Waals surface area contributed by atoms with Crippen LogP contribution in [0.5, 0.6) is 0 Å². The van der Waals surface area contributed by atoms with Crippen molar-refractivity contribution in [3.8, 4) is 0 Å². The van der Waals surface area contributed by atoms with E-state index in [2.05, 4.69) is 40.5 Å². The highest BCUT2D eigenvalue weighted by Crippen LogP contribution is 2.36. The summed E-state index contributed by atoms with van der Waals surface area (Å²) in [5.74, 6) is 1.02. The van der Waals surface area contributed by atoms with E-state index in [9.17, 15) is 4.79 Å². The van der Waals surface area contributed by atoms with Crippen LogP contribution in [0.3, 0.4) is 0 Å². The van der Waals surface area contributed by atoms with E-state index in [4.69, 9.17) is 11.6 Å². The van der Waals surface area contributed by atoms with Crippen LogP contribution in [0.15, 0.2) is 77.7 Å². The lowest BCUT2D eigenvalue weighted by molar-refractivity contribution is 0.0954. The quantitative estimate of drug-likeness (QED) is 0.575. The van der Waals surface area contributed by atoms with Crippen LogP contribution in [0.1, 0.15) is 21.5 Å². The van der Waals surface area contributed by atoms with Crippen molar-refractivity contribution >= 4 is 35.0 Å². The first-order valence-corrected chi connectivity index (χ1v) is 11.1. The fourth-order valence-corrected chi connectivity index (χ4v) is 4.61. The first-order valence-electron chi connectivity index (χ1n) is 9.77. The summed E-state index contributed by atoms with van der Waals surface area (Å²) in [4.78, 5) is 16.2. The van der Waals surface area contributed by atoms with E-state index >= 15 is 0 Å². The summed E-state index contributed by atoms with van der Waals surface area (Å²) in [6, 6.07) is 24.2. The molecule has 0 spiro atoms. The zero-order valence-electron chi connectivity index (χ0n) is 16.1. The second kappa shape index (κ2) is 9.38. The number of nitrogens with one attached hydrogen (secondary N) is 1. The average molecular weight is 423 g/mol. The number of nitrogens with zero attached hydrogens (tertiary/aromatic N) is 1. The lowest BCUT2D eigenvalue weighted by Crippen LogP contribution is -2.30. The Bertz CT molecular complexity index is 976. The zero-order valence-corrected chi connectivity index (χ0v) is 17.7. The highest BCUT2D eigenvalue weighted by atomic mass is 35.5. The van der Waals surface area contributed by atoms with Gasteiger partial charge in [-0.15, -0.1) is 11.8 Å². The monoisotopic (exact) mass is 422 g/mol. The standard InChI is InChI=1S/C24H23ClN2OS/c25-21-9-6-19(7-10-21)17-27-14-15-29-23-11-8-20(16-22(23)27)24(28)26-13-12-18-4-2-1-3-5-18/h1-11,16H,12-15,17H2,(H,26,28). The second-order valence-corrected chi connectivity index (χ2v) is 8.64. The molecule has 4 rings (SSSR count). The Kier molecular flexibility index (Phi) is 6.43. The molecule has 0 aromatic heterocycles. The normalized spacial score (nSPS) is 13.1. The maximum absolute atomic E-state index is 12.7. The predicted octanol–water partition coefficient (Wildman–Crippen LogP) is 5.42. The molecule has 1 aliphatic heterocycles. The van der Waals surface area contributed by atoms with Gasteiger partial charge in [0.1, 0.15) is 0 Å². The molecule has 3 nitrogen and oxygen atoms in total. The van der Waals surface area contributed by atoms with Gasteiger partial charge in [0.05, 0.1) is 5.69 Å². The van der Waals surface area contributed by atoms with Gasteiger partial charge in [0.25, 0.3) is 5.91 Å². The molecular weight excluding hydrogens is 400 g/mol. The minimum atomic E-state index is -0.0225. The smallest absolute Gasteiger partial charge is 0.251 e. The average Bonchev–Trinajstić information content (AvgIpc) is 2.76. The molecule has 3 aromatic rings. The van der Waals surface area contributed by atoms with Crippen molar-refractivity contribution in [3.05, 3.63) is 94.5 Å². The maximum Gasteiger partial charge on any atom is 0.251 e. The molecule has 5 heteroatoms. The zero-order chi connectivity index (χ0) is 20.1. The SMILES string of the molecule is O=C(NCCc1ccccc1)c1ccc2c(c1)N(Cc1ccc(Cl)cc1)CCS2. The van der Waals surface area contributed by atoms with Crippen LogP contribution >= 0.6 is 23.4 Å². The van der Waals surface area contributed by atoms with E-state index in [1.165, 1.54) is 16.0 Å². The number of halogens is 1. The number of hydrogen-bond donors (Lipinski definition) is 1. The molecule has 1 N–H and O–H groups in total. The molecule has 1 aliphatic rings. The molecular formula is C24H23ClN2OS. The van der Waals surface area contributed by atoms with Gasteiger partial charge in [-0.05, 0) is 47.9 Å². The minimum Gasteiger partial charge on any atom is -0.365 e. The van der Waals surface area contributed by atoms with E-state index in [1.807, 2.05) is 54.2 Å². The largest absolute Gasteiger partial charge is 0.365 e. The highest BCUT2D eigenvalue weighted by molar-refractivity contribution is 7.99. The number of thioether (sulfide) groups is 1. The van der Waals surface area contributed by atoms with Gasteiger partial charge >= 0.3 is 0 Å². The number of hydrogen-bond acceptors (Lipinski definition) is 3. The molecule has 1 heterocycles. The molecule has 0 saturated heterocycles. The number of amides is 1. The molecule has 0 unspecified atom stereocenters. The second-order valence-electron chi connectivity index (χ2n) is 7.07. The summed E-state index contributed by atoms with van der Waals surface area (Å²) in [6.45, 7) is 2.40. The lowest BCUT2D eigenvalue weighted by atomic mass is 10.1. The van der Waals surface area contributed by atoms with Gasteiger partial charge in [0.15, 0.2) is 0 Å². The summed E-state index contributed by atoms with van der Waals surface area (Å²) < 4.78 is 0. The Morgan fingerprint density at radius 3 is 2.59 bits per heavy atom. The van der Waals surface area contributed by atoms with Crippen LogP contribution in [0, 0.1) is 0 Å². The molecule has 0 aliphatic carbocycles. The first-order chi connectivity index (χ1) is 14.2. The van der Waals surface area contributed by atoms with Crippen molar-refractivity contribution in [3.63, 3.8) is 0 Å². The van der Waals surface area contributed by atoms with E-state index in [-0.39, 0.29) is 5.91 Å². The number of carbonyl (C=O) groups excluding carboxylic acids is 1. The molecule has 29 heavy (non-hydrogen) atoms. The lowest BCUT2D eigenvalue weighted by Gasteiger charge is -2.31. The summed E-state index contributed by atoms with van der Waals surface area (Å²) in [7, 11) is 0. The van der Waals surface area contributed by atoms with Crippen molar-refractivity contribution < 1.29 is 4.79 Å². The highest BCUT2D eigenvalue weighted by Gasteiger charge is 2.19. The summed E-state index contributed by atoms with van der Waals surface area (Å²) >= 11 is 7.86. The molecule has 3 aromatic carbocycles. The van der Waals surface area contributed by atoms with Crippen molar-refractivity contribution in [2.45, 2.75) is 17.9 Å². The molecule has 0 saturated carbocycles. The fourth-order valence-electron chi connectivity index (χ4n) is 3.46. The third kappa shape index (κ3) is 5.14. The van der Waals surface area contributed by atoms with Crippen LogP contribution in [0.2, 0.25) is 5.02 Å². The van der Waals surface area contributed by atoms with Gasteiger partial charge in [-0.25, -0.2) is 0 Å². The number of benzene rings is 3. The van der Waals surface area contributed by atoms with Crippen LogP contribution in [0.25, 0.3) is 0 Å². The van der Waals surface area contributed by atoms with E-state index in [1.54, 1.807) is 0 Å². The predicted molar refractivity (Wildman–Crippen MR) is 122 cm³/mol. The third-order valence-corrected chi connectivity index (χ3v) is 6.30. The Labute approximate surface area is 181 Å². The molecule has 148 valence electrons. The van der Waals surface area contributed by atoms with Gasteiger partial charge in [-0.1, -0.05) is 54.1 Å². The molecule has 0 bridgehead atoms. The Balaban J connectivity index is 1.44. The Morgan fingerprint density at radius 1 is 1.00 bits per heavy atom. The Morgan fingerprint density at radius 2 is 1.79 bits per heavy atom. The Hall–Kier alpha value is -2.43. The summed E-state index contributed by atoms with van der Waals surface area (Å²) in [5, 5.41) is 3.79. The summed E-state index contributed by atoms with van der Waals surface area (Å²) in [6.07, 6.45) is 0.829. The number of fused-ring (bicyclic) bond motifs is 1. The van der Waals surface area contributed by atoms with Crippen LogP contribution in [0.4, 0.5) is 5.69 Å². The van der Waals surface area contributed by atoms with Gasteiger partial charge in [-0.3, -0.25) is 4.79 Å². The van der Waals surface area contributed by atoms with E-state index in [0.29, 0.717) is 12.1 Å². The van der Waals surface area contributed by atoms with Gasteiger partial charge in [0, 0.05) is 40.9 Å². The number of rotatable bonds is 6. The van der Waals surface area contributed by atoms with Gasteiger partial charge in [0.2, 0.25) is 0 Å². The van der Waals surface area contributed by atoms with E-state index < -0.39 is 0 Å². The number of anilines is 1. The molecule has 0 radical (unpaired) electrons. The fraction of sp³-hybridized carbons (Fsp3) is 0.208. The van der Waals surface area contributed by atoms with Crippen molar-refractivity contribution in [1.29, 1.82) is 0 Å². The van der Waals surface area contributed by atoms with Crippen molar-refractivity contribution in [2.75, 3.05) is 23.7 Å². The third-order valence-electron chi connectivity index (χ3n) is 5.01. The van der Waals surface area contributed by atoms with Crippen LogP contribution in [-0.4, -0.2) is 24.7 Å².